The van der Waals surface area contributed by atoms with Gasteiger partial charge in [0.15, 0.2) is 0 Å². The molecule has 1 unspecified atom stereocenters. The van der Waals surface area contributed by atoms with Crippen LogP contribution in [0.4, 0.5) is 11.4 Å². The second-order valence-electron chi connectivity index (χ2n) is 5.14. The van der Waals surface area contributed by atoms with Crippen LogP contribution in [0.5, 0.6) is 0 Å². The number of rotatable bonds is 5. The zero-order chi connectivity index (χ0) is 14.5. The van der Waals surface area contributed by atoms with E-state index in [4.69, 9.17) is 0 Å². The fraction of sp³-hybridized carbons (Fsp3) is 0.467. The summed E-state index contributed by atoms with van der Waals surface area (Å²) in [6.45, 7) is 3.30. The summed E-state index contributed by atoms with van der Waals surface area (Å²) in [5.74, 6) is 0.0774. The van der Waals surface area contributed by atoms with Gasteiger partial charge in [-0.2, -0.15) is 0 Å². The van der Waals surface area contributed by atoms with Crippen LogP contribution in [0.15, 0.2) is 24.3 Å². The van der Waals surface area contributed by atoms with E-state index in [1.165, 1.54) is 0 Å². The van der Waals surface area contributed by atoms with Crippen LogP contribution in [-0.4, -0.2) is 32.0 Å². The van der Waals surface area contributed by atoms with E-state index in [0.717, 1.165) is 24.3 Å². The minimum Gasteiger partial charge on any atom is -0.326 e. The zero-order valence-electron chi connectivity index (χ0n) is 12.0. The fourth-order valence-electron chi connectivity index (χ4n) is 2.31. The number of hydrogen-bond acceptors (Lipinski definition) is 3. The fourth-order valence-corrected chi connectivity index (χ4v) is 2.31. The Morgan fingerprint density at radius 1 is 1.35 bits per heavy atom. The van der Waals surface area contributed by atoms with Crippen LogP contribution in [0.1, 0.15) is 19.8 Å². The molecule has 5 heteroatoms. The topological polar surface area (TPSA) is 61.4 Å². The van der Waals surface area contributed by atoms with Crippen LogP contribution in [0.2, 0.25) is 0 Å². The molecule has 1 aliphatic heterocycles. The van der Waals surface area contributed by atoms with E-state index in [-0.39, 0.29) is 17.7 Å². The molecule has 2 rings (SSSR count). The maximum atomic E-state index is 11.9. The monoisotopic (exact) mass is 275 g/mol. The average Bonchev–Trinajstić information content (AvgIpc) is 2.86. The first-order chi connectivity index (χ1) is 9.61. The first-order valence-electron chi connectivity index (χ1n) is 6.97. The van der Waals surface area contributed by atoms with Gasteiger partial charge >= 0.3 is 0 Å². The summed E-state index contributed by atoms with van der Waals surface area (Å²) in [4.78, 5) is 25.3. The molecule has 1 aromatic carbocycles. The number of carbonyl (C=O) groups excluding carboxylic acids is 2. The molecular formula is C15H21N3O2. The maximum Gasteiger partial charge on any atom is 0.228 e. The van der Waals surface area contributed by atoms with Crippen molar-refractivity contribution >= 4 is 23.2 Å². The lowest BCUT2D eigenvalue weighted by Crippen LogP contribution is -2.28. The van der Waals surface area contributed by atoms with Crippen LogP contribution < -0.4 is 15.5 Å². The molecule has 0 bridgehead atoms. The van der Waals surface area contributed by atoms with Crippen molar-refractivity contribution in [3.63, 3.8) is 0 Å². The van der Waals surface area contributed by atoms with E-state index < -0.39 is 0 Å². The standard InChI is InChI=1S/C15H21N3O2/c1-11(10-16-2)15(20)17-12-5-7-13(8-6-12)18-9-3-4-14(18)19/h5-8,11,16H,3-4,9-10H2,1-2H3,(H,17,20). The van der Waals surface area contributed by atoms with Crippen molar-refractivity contribution in [2.75, 3.05) is 30.4 Å². The summed E-state index contributed by atoms with van der Waals surface area (Å²) in [6.07, 6.45) is 1.54. The molecule has 20 heavy (non-hydrogen) atoms. The molecule has 1 atom stereocenters. The molecule has 5 nitrogen and oxygen atoms in total. The Morgan fingerprint density at radius 2 is 2.05 bits per heavy atom. The summed E-state index contributed by atoms with van der Waals surface area (Å²) in [5.41, 5.74) is 1.65. The van der Waals surface area contributed by atoms with E-state index in [2.05, 4.69) is 10.6 Å². The zero-order valence-corrected chi connectivity index (χ0v) is 12.0. The van der Waals surface area contributed by atoms with Crippen LogP contribution in [-0.2, 0) is 9.59 Å². The molecule has 0 aromatic heterocycles. The molecule has 1 aromatic rings. The van der Waals surface area contributed by atoms with E-state index in [1.54, 1.807) is 4.90 Å². The summed E-state index contributed by atoms with van der Waals surface area (Å²) in [7, 11) is 1.83. The van der Waals surface area contributed by atoms with Gasteiger partial charge in [-0.1, -0.05) is 6.92 Å². The Bertz CT molecular complexity index is 484. The molecule has 1 heterocycles. The van der Waals surface area contributed by atoms with Crippen molar-refractivity contribution in [3.05, 3.63) is 24.3 Å². The largest absolute Gasteiger partial charge is 0.326 e. The van der Waals surface area contributed by atoms with Gasteiger partial charge in [0, 0.05) is 36.8 Å². The van der Waals surface area contributed by atoms with Gasteiger partial charge in [-0.05, 0) is 37.7 Å². The minimum atomic E-state index is -0.0835. The van der Waals surface area contributed by atoms with Gasteiger partial charge in [0.25, 0.3) is 0 Å². The van der Waals surface area contributed by atoms with Gasteiger partial charge in [0.05, 0.1) is 0 Å². The maximum absolute atomic E-state index is 11.9. The third-order valence-electron chi connectivity index (χ3n) is 3.48. The van der Waals surface area contributed by atoms with Crippen molar-refractivity contribution in [1.29, 1.82) is 0 Å². The third-order valence-corrected chi connectivity index (χ3v) is 3.48. The summed E-state index contributed by atoms with van der Waals surface area (Å²) < 4.78 is 0. The first kappa shape index (κ1) is 14.5. The van der Waals surface area contributed by atoms with Crippen molar-refractivity contribution in [2.24, 2.45) is 5.92 Å². The molecule has 0 aliphatic carbocycles. The first-order valence-corrected chi connectivity index (χ1v) is 6.97. The smallest absolute Gasteiger partial charge is 0.228 e. The van der Waals surface area contributed by atoms with Crippen LogP contribution in [0, 0.1) is 5.92 Å². The predicted octanol–water partition coefficient (Wildman–Crippen LogP) is 1.61. The molecular weight excluding hydrogens is 254 g/mol. The molecule has 0 radical (unpaired) electrons. The Morgan fingerprint density at radius 3 is 2.60 bits per heavy atom. The summed E-state index contributed by atoms with van der Waals surface area (Å²) >= 11 is 0. The molecule has 0 spiro atoms. The van der Waals surface area contributed by atoms with E-state index >= 15 is 0 Å². The molecule has 0 saturated carbocycles. The van der Waals surface area contributed by atoms with E-state index in [0.29, 0.717) is 13.0 Å². The van der Waals surface area contributed by atoms with Gasteiger partial charge in [0.1, 0.15) is 0 Å². The van der Waals surface area contributed by atoms with Crippen LogP contribution in [0.25, 0.3) is 0 Å². The Kier molecular flexibility index (Phi) is 4.74. The third kappa shape index (κ3) is 3.36. The van der Waals surface area contributed by atoms with Gasteiger partial charge in [-0.15, -0.1) is 0 Å². The van der Waals surface area contributed by atoms with Crippen molar-refractivity contribution in [1.82, 2.24) is 5.32 Å². The normalized spacial score (nSPS) is 16.3. The SMILES string of the molecule is CNCC(C)C(=O)Nc1ccc(N2CCCC2=O)cc1. The van der Waals surface area contributed by atoms with Crippen molar-refractivity contribution in [3.8, 4) is 0 Å². The molecule has 1 saturated heterocycles. The second kappa shape index (κ2) is 6.52. The molecule has 2 N–H and O–H groups in total. The Balaban J connectivity index is 1.98. The Labute approximate surface area is 119 Å². The highest BCUT2D eigenvalue weighted by Crippen LogP contribution is 2.23. The van der Waals surface area contributed by atoms with E-state index in [1.807, 2.05) is 38.2 Å². The molecule has 108 valence electrons. The van der Waals surface area contributed by atoms with Crippen LogP contribution >= 0.6 is 0 Å². The molecule has 1 aliphatic rings. The number of nitrogens with zero attached hydrogens (tertiary/aromatic N) is 1. The lowest BCUT2D eigenvalue weighted by atomic mass is 10.1. The number of nitrogens with one attached hydrogen (secondary N) is 2. The number of amides is 2. The number of hydrogen-bond donors (Lipinski definition) is 2. The van der Waals surface area contributed by atoms with Crippen molar-refractivity contribution < 1.29 is 9.59 Å². The van der Waals surface area contributed by atoms with Gasteiger partial charge in [-0.25, -0.2) is 0 Å². The predicted molar refractivity (Wildman–Crippen MR) is 79.7 cm³/mol. The van der Waals surface area contributed by atoms with Crippen LogP contribution in [0.3, 0.4) is 0 Å². The minimum absolute atomic E-state index is 0.00986. The average molecular weight is 275 g/mol. The summed E-state index contributed by atoms with van der Waals surface area (Å²) in [5, 5.41) is 5.85. The van der Waals surface area contributed by atoms with Gasteiger partial charge in [-0.3, -0.25) is 9.59 Å². The lowest BCUT2D eigenvalue weighted by Gasteiger charge is -2.16. The lowest BCUT2D eigenvalue weighted by molar-refractivity contribution is -0.119. The highest BCUT2D eigenvalue weighted by Gasteiger charge is 2.21. The van der Waals surface area contributed by atoms with E-state index in [9.17, 15) is 9.59 Å². The highest BCUT2D eigenvalue weighted by atomic mass is 16.2. The van der Waals surface area contributed by atoms with Crippen molar-refractivity contribution in [2.45, 2.75) is 19.8 Å². The van der Waals surface area contributed by atoms with Gasteiger partial charge < -0.3 is 15.5 Å². The number of benzene rings is 1. The molecule has 1 fully saturated rings. The quantitative estimate of drug-likeness (QED) is 0.858. The second-order valence-corrected chi connectivity index (χ2v) is 5.14. The molecule has 2 amide bonds. The highest BCUT2D eigenvalue weighted by molar-refractivity contribution is 5.96. The van der Waals surface area contributed by atoms with Gasteiger partial charge in [0.2, 0.25) is 11.8 Å². The summed E-state index contributed by atoms with van der Waals surface area (Å²) in [6, 6.07) is 7.43. The Hall–Kier alpha value is -1.88. The number of anilines is 2. The number of carbonyl (C=O) groups is 2.